The molecule has 0 amide bonds. The first-order chi connectivity index (χ1) is 10.5. The summed E-state index contributed by atoms with van der Waals surface area (Å²) in [6.45, 7) is 0.871. The molecule has 116 valence electrons. The summed E-state index contributed by atoms with van der Waals surface area (Å²) in [5.41, 5.74) is 2.43. The van der Waals surface area contributed by atoms with E-state index in [0.29, 0.717) is 26.0 Å². The van der Waals surface area contributed by atoms with Crippen LogP contribution < -0.4 is 5.32 Å². The maximum atomic E-state index is 6.20. The topological polar surface area (TPSA) is 12.0 Å². The van der Waals surface area contributed by atoms with Gasteiger partial charge in [-0.3, -0.25) is 0 Å². The second-order valence-electron chi connectivity index (χ2n) is 5.75. The molecule has 1 aliphatic carbocycles. The van der Waals surface area contributed by atoms with Gasteiger partial charge in [-0.05, 0) is 54.8 Å². The molecule has 1 saturated carbocycles. The predicted molar refractivity (Wildman–Crippen MR) is 95.9 cm³/mol. The third-order valence-corrected chi connectivity index (χ3v) is 5.89. The van der Waals surface area contributed by atoms with Crippen molar-refractivity contribution in [2.45, 2.75) is 17.8 Å². The fourth-order valence-electron chi connectivity index (χ4n) is 3.21. The molecule has 1 unspecified atom stereocenters. The van der Waals surface area contributed by atoms with Crippen LogP contribution in [0, 0.1) is 0 Å². The Labute approximate surface area is 150 Å². The van der Waals surface area contributed by atoms with Gasteiger partial charge in [0.15, 0.2) is 0 Å². The molecule has 0 heterocycles. The minimum atomic E-state index is 0.0279. The molecular formula is C17H15Cl4N. The van der Waals surface area contributed by atoms with Crippen molar-refractivity contribution in [2.24, 2.45) is 0 Å². The number of hydrogen-bond donors (Lipinski definition) is 1. The standard InChI is InChI=1S/C17H15Cl4N/c1-22-9-17(11-3-5-14(19)16(21)7-11)8-12(17)10-2-4-13(18)15(20)6-10/h2-7,12,22H,8-9H2,1H3/t12?,17-/m0/s1. The largest absolute Gasteiger partial charge is 0.319 e. The minimum Gasteiger partial charge on any atom is -0.319 e. The van der Waals surface area contributed by atoms with Crippen LogP contribution in [0.15, 0.2) is 36.4 Å². The lowest BCUT2D eigenvalue weighted by atomic mass is 9.90. The summed E-state index contributed by atoms with van der Waals surface area (Å²) in [6.07, 6.45) is 1.05. The van der Waals surface area contributed by atoms with Crippen molar-refractivity contribution in [3.63, 3.8) is 0 Å². The quantitative estimate of drug-likeness (QED) is 0.697. The van der Waals surface area contributed by atoms with Crippen LogP contribution in [0.2, 0.25) is 20.1 Å². The molecule has 2 aromatic rings. The Bertz CT molecular complexity index is 716. The number of likely N-dealkylation sites (N-methyl/N-ethyl adjacent to an activating group) is 1. The molecule has 0 saturated heterocycles. The van der Waals surface area contributed by atoms with Crippen LogP contribution >= 0.6 is 46.4 Å². The number of halogens is 4. The van der Waals surface area contributed by atoms with E-state index >= 15 is 0 Å². The molecule has 1 N–H and O–H groups in total. The summed E-state index contributed by atoms with van der Waals surface area (Å²) in [6, 6.07) is 11.8. The summed E-state index contributed by atoms with van der Waals surface area (Å²) < 4.78 is 0. The second kappa shape index (κ2) is 6.22. The van der Waals surface area contributed by atoms with Crippen LogP contribution in [0.3, 0.4) is 0 Å². The zero-order chi connectivity index (χ0) is 15.9. The Balaban J connectivity index is 1.97. The van der Waals surface area contributed by atoms with Crippen LogP contribution in [0.4, 0.5) is 0 Å². The van der Waals surface area contributed by atoms with Crippen molar-refractivity contribution in [3.05, 3.63) is 67.6 Å². The van der Waals surface area contributed by atoms with Gasteiger partial charge in [-0.2, -0.15) is 0 Å². The van der Waals surface area contributed by atoms with E-state index in [1.807, 2.05) is 37.4 Å². The molecule has 1 nitrogen and oxygen atoms in total. The highest BCUT2D eigenvalue weighted by atomic mass is 35.5. The van der Waals surface area contributed by atoms with Gasteiger partial charge in [-0.25, -0.2) is 0 Å². The van der Waals surface area contributed by atoms with Gasteiger partial charge in [-0.1, -0.05) is 58.5 Å². The molecule has 2 aromatic carbocycles. The monoisotopic (exact) mass is 373 g/mol. The molecule has 1 fully saturated rings. The van der Waals surface area contributed by atoms with E-state index in [2.05, 4.69) is 11.4 Å². The van der Waals surface area contributed by atoms with Crippen molar-refractivity contribution in [1.82, 2.24) is 5.32 Å². The lowest BCUT2D eigenvalue weighted by molar-refractivity contribution is 0.605. The molecule has 0 aliphatic heterocycles. The minimum absolute atomic E-state index is 0.0279. The number of nitrogens with one attached hydrogen (secondary N) is 1. The summed E-state index contributed by atoms with van der Waals surface area (Å²) >= 11 is 24.4. The van der Waals surface area contributed by atoms with E-state index in [0.717, 1.165) is 13.0 Å². The SMILES string of the molecule is CNC[C@]1(c2ccc(Cl)c(Cl)c2)CC1c1ccc(Cl)c(Cl)c1. The highest BCUT2D eigenvalue weighted by Crippen LogP contribution is 2.60. The number of benzene rings is 2. The average molecular weight is 375 g/mol. The Morgan fingerprint density at radius 2 is 1.59 bits per heavy atom. The van der Waals surface area contributed by atoms with Gasteiger partial charge >= 0.3 is 0 Å². The summed E-state index contributed by atoms with van der Waals surface area (Å²) in [7, 11) is 1.96. The van der Waals surface area contributed by atoms with Gasteiger partial charge in [0.05, 0.1) is 20.1 Å². The Morgan fingerprint density at radius 3 is 2.18 bits per heavy atom. The van der Waals surface area contributed by atoms with E-state index in [1.165, 1.54) is 11.1 Å². The molecule has 2 atom stereocenters. The maximum absolute atomic E-state index is 6.20. The van der Waals surface area contributed by atoms with E-state index in [9.17, 15) is 0 Å². The maximum Gasteiger partial charge on any atom is 0.0595 e. The lowest BCUT2D eigenvalue weighted by Gasteiger charge is -2.19. The van der Waals surface area contributed by atoms with Crippen molar-refractivity contribution < 1.29 is 0 Å². The van der Waals surface area contributed by atoms with Gasteiger partial charge in [0.2, 0.25) is 0 Å². The van der Waals surface area contributed by atoms with Crippen molar-refractivity contribution in [2.75, 3.05) is 13.6 Å². The Hall–Kier alpha value is -0.440. The fraction of sp³-hybridized carbons (Fsp3) is 0.294. The van der Waals surface area contributed by atoms with Gasteiger partial charge in [0.25, 0.3) is 0 Å². The third kappa shape index (κ3) is 2.86. The zero-order valence-corrected chi connectivity index (χ0v) is 15.0. The van der Waals surface area contributed by atoms with Crippen LogP contribution in [-0.4, -0.2) is 13.6 Å². The normalized spacial score (nSPS) is 23.6. The van der Waals surface area contributed by atoms with E-state index in [1.54, 1.807) is 0 Å². The number of hydrogen-bond acceptors (Lipinski definition) is 1. The molecule has 3 rings (SSSR count). The average Bonchev–Trinajstić information content (AvgIpc) is 3.21. The molecule has 1 aliphatic rings. The highest BCUT2D eigenvalue weighted by Gasteiger charge is 2.55. The van der Waals surface area contributed by atoms with Crippen molar-refractivity contribution >= 4 is 46.4 Å². The molecule has 0 spiro atoms. The first kappa shape index (κ1) is 16.4. The molecule has 0 radical (unpaired) electrons. The molecule has 5 heteroatoms. The van der Waals surface area contributed by atoms with Gasteiger partial charge < -0.3 is 5.32 Å². The summed E-state index contributed by atoms with van der Waals surface area (Å²) in [5, 5.41) is 5.65. The van der Waals surface area contributed by atoms with Gasteiger partial charge in [0, 0.05) is 12.0 Å². The predicted octanol–water partition coefficient (Wildman–Crippen LogP) is 5.94. The third-order valence-electron chi connectivity index (χ3n) is 4.41. The lowest BCUT2D eigenvalue weighted by Crippen LogP contribution is -2.25. The van der Waals surface area contributed by atoms with Crippen LogP contribution in [0.1, 0.15) is 23.5 Å². The summed E-state index contributed by atoms with van der Waals surface area (Å²) in [5.74, 6) is 0.395. The van der Waals surface area contributed by atoms with E-state index in [-0.39, 0.29) is 5.41 Å². The Morgan fingerprint density at radius 1 is 0.955 bits per heavy atom. The second-order valence-corrected chi connectivity index (χ2v) is 7.37. The molecule has 0 bridgehead atoms. The van der Waals surface area contributed by atoms with E-state index < -0.39 is 0 Å². The summed E-state index contributed by atoms with van der Waals surface area (Å²) in [4.78, 5) is 0. The number of rotatable bonds is 4. The van der Waals surface area contributed by atoms with Crippen LogP contribution in [0.25, 0.3) is 0 Å². The van der Waals surface area contributed by atoms with Crippen molar-refractivity contribution in [3.8, 4) is 0 Å². The van der Waals surface area contributed by atoms with Gasteiger partial charge in [-0.15, -0.1) is 0 Å². The fourth-order valence-corrected chi connectivity index (χ4v) is 3.81. The first-order valence-corrected chi connectivity index (χ1v) is 8.54. The van der Waals surface area contributed by atoms with Crippen molar-refractivity contribution in [1.29, 1.82) is 0 Å². The highest BCUT2D eigenvalue weighted by molar-refractivity contribution is 6.42. The smallest absolute Gasteiger partial charge is 0.0595 e. The molecule has 22 heavy (non-hydrogen) atoms. The zero-order valence-electron chi connectivity index (χ0n) is 12.0. The van der Waals surface area contributed by atoms with Crippen LogP contribution in [0.5, 0.6) is 0 Å². The molecule has 0 aromatic heterocycles. The van der Waals surface area contributed by atoms with Gasteiger partial charge in [0.1, 0.15) is 0 Å². The van der Waals surface area contributed by atoms with Crippen LogP contribution in [-0.2, 0) is 5.41 Å². The first-order valence-electron chi connectivity index (χ1n) is 7.03. The van der Waals surface area contributed by atoms with E-state index in [4.69, 9.17) is 46.4 Å². The molecular weight excluding hydrogens is 360 g/mol. The Kier molecular flexibility index (Phi) is 4.64.